The van der Waals surface area contributed by atoms with Crippen molar-refractivity contribution < 1.29 is 0 Å². The SMILES string of the molecule is Cc1ccc2sc(C3CNCC3C)nc2c1. The molecule has 2 heterocycles. The topological polar surface area (TPSA) is 24.9 Å². The van der Waals surface area contributed by atoms with E-state index in [0.29, 0.717) is 11.8 Å². The van der Waals surface area contributed by atoms with Crippen LogP contribution in [0.5, 0.6) is 0 Å². The standard InChI is InChI=1S/C13H16N2S/c1-8-3-4-12-11(5-8)15-13(16-12)10-7-14-6-9(10)2/h3-5,9-10,14H,6-7H2,1-2H3. The van der Waals surface area contributed by atoms with Crippen molar-refractivity contribution >= 4 is 21.6 Å². The first-order valence-corrected chi connectivity index (χ1v) is 6.63. The van der Waals surface area contributed by atoms with Gasteiger partial charge in [0.1, 0.15) is 0 Å². The summed E-state index contributed by atoms with van der Waals surface area (Å²) in [7, 11) is 0. The number of hydrogen-bond acceptors (Lipinski definition) is 3. The van der Waals surface area contributed by atoms with Crippen molar-refractivity contribution in [1.82, 2.24) is 10.3 Å². The molecule has 16 heavy (non-hydrogen) atoms. The first-order valence-electron chi connectivity index (χ1n) is 5.82. The number of hydrogen-bond donors (Lipinski definition) is 1. The second-order valence-corrected chi connectivity index (χ2v) is 5.83. The molecule has 0 amide bonds. The molecule has 1 aliphatic rings. The first-order chi connectivity index (χ1) is 7.74. The van der Waals surface area contributed by atoms with Gasteiger partial charge in [-0.3, -0.25) is 0 Å². The fraction of sp³-hybridized carbons (Fsp3) is 0.462. The van der Waals surface area contributed by atoms with Gasteiger partial charge >= 0.3 is 0 Å². The minimum atomic E-state index is 0.609. The van der Waals surface area contributed by atoms with Crippen molar-refractivity contribution in [2.75, 3.05) is 13.1 Å². The molecular weight excluding hydrogens is 216 g/mol. The van der Waals surface area contributed by atoms with E-state index in [0.717, 1.165) is 13.1 Å². The molecule has 2 nitrogen and oxygen atoms in total. The Balaban J connectivity index is 2.04. The maximum Gasteiger partial charge on any atom is 0.0985 e. The van der Waals surface area contributed by atoms with Gasteiger partial charge in [-0.2, -0.15) is 0 Å². The number of thiazole rings is 1. The lowest BCUT2D eigenvalue weighted by molar-refractivity contribution is 0.570. The highest BCUT2D eigenvalue weighted by molar-refractivity contribution is 7.18. The maximum absolute atomic E-state index is 4.78. The van der Waals surface area contributed by atoms with Crippen molar-refractivity contribution in [2.24, 2.45) is 5.92 Å². The number of rotatable bonds is 1. The predicted octanol–water partition coefficient (Wildman–Crippen LogP) is 2.93. The maximum atomic E-state index is 4.78. The Labute approximate surface area is 99.7 Å². The highest BCUT2D eigenvalue weighted by atomic mass is 32.1. The van der Waals surface area contributed by atoms with Gasteiger partial charge in [0.2, 0.25) is 0 Å². The fourth-order valence-corrected chi connectivity index (χ4v) is 3.54. The molecule has 1 saturated heterocycles. The van der Waals surface area contributed by atoms with Gasteiger partial charge in [-0.1, -0.05) is 13.0 Å². The van der Waals surface area contributed by atoms with Crippen LogP contribution >= 0.6 is 11.3 Å². The van der Waals surface area contributed by atoms with Gasteiger partial charge < -0.3 is 5.32 Å². The molecule has 1 aromatic heterocycles. The van der Waals surface area contributed by atoms with Gasteiger partial charge in [0.05, 0.1) is 15.2 Å². The highest BCUT2D eigenvalue weighted by Gasteiger charge is 2.27. The molecular formula is C13H16N2S. The van der Waals surface area contributed by atoms with E-state index in [1.54, 1.807) is 0 Å². The largest absolute Gasteiger partial charge is 0.316 e. The Bertz CT molecular complexity index is 518. The van der Waals surface area contributed by atoms with E-state index in [1.807, 2.05) is 11.3 Å². The van der Waals surface area contributed by atoms with Crippen molar-refractivity contribution in [1.29, 1.82) is 0 Å². The zero-order valence-electron chi connectivity index (χ0n) is 9.66. The van der Waals surface area contributed by atoms with Crippen LogP contribution in [0.4, 0.5) is 0 Å². The summed E-state index contributed by atoms with van der Waals surface area (Å²) in [6, 6.07) is 6.54. The summed E-state index contributed by atoms with van der Waals surface area (Å²) in [5, 5.41) is 4.75. The Morgan fingerprint density at radius 3 is 3.00 bits per heavy atom. The van der Waals surface area contributed by atoms with Gasteiger partial charge in [0.15, 0.2) is 0 Å². The van der Waals surface area contributed by atoms with Crippen LogP contribution in [0, 0.1) is 12.8 Å². The molecule has 3 rings (SSSR count). The molecule has 0 bridgehead atoms. The molecule has 3 heteroatoms. The van der Waals surface area contributed by atoms with Crippen LogP contribution in [0.15, 0.2) is 18.2 Å². The van der Waals surface area contributed by atoms with E-state index in [1.165, 1.54) is 20.8 Å². The van der Waals surface area contributed by atoms with Crippen LogP contribution in [0.1, 0.15) is 23.4 Å². The minimum Gasteiger partial charge on any atom is -0.316 e. The summed E-state index contributed by atoms with van der Waals surface area (Å²) in [6.45, 7) is 6.64. The third-order valence-corrected chi connectivity index (χ3v) is 4.56. The third kappa shape index (κ3) is 1.64. The normalized spacial score (nSPS) is 25.4. The summed E-state index contributed by atoms with van der Waals surface area (Å²) in [5.41, 5.74) is 2.46. The molecule has 1 aliphatic heterocycles. The zero-order valence-corrected chi connectivity index (χ0v) is 10.5. The lowest BCUT2D eigenvalue weighted by Crippen LogP contribution is -2.07. The average Bonchev–Trinajstić information content (AvgIpc) is 2.82. The van der Waals surface area contributed by atoms with Crippen molar-refractivity contribution in [2.45, 2.75) is 19.8 Å². The van der Waals surface area contributed by atoms with Crippen LogP contribution in [0.25, 0.3) is 10.2 Å². The van der Waals surface area contributed by atoms with E-state index >= 15 is 0 Å². The Hall–Kier alpha value is -0.930. The quantitative estimate of drug-likeness (QED) is 0.817. The van der Waals surface area contributed by atoms with Crippen LogP contribution in [0.2, 0.25) is 0 Å². The average molecular weight is 232 g/mol. The number of aromatic nitrogens is 1. The third-order valence-electron chi connectivity index (χ3n) is 3.39. The molecule has 1 N–H and O–H groups in total. The van der Waals surface area contributed by atoms with E-state index in [2.05, 4.69) is 37.4 Å². The summed E-state index contributed by atoms with van der Waals surface area (Å²) in [6.07, 6.45) is 0. The molecule has 0 aliphatic carbocycles. The number of fused-ring (bicyclic) bond motifs is 1. The van der Waals surface area contributed by atoms with Crippen LogP contribution in [0.3, 0.4) is 0 Å². The fourth-order valence-electron chi connectivity index (χ4n) is 2.35. The lowest BCUT2D eigenvalue weighted by atomic mass is 9.99. The smallest absolute Gasteiger partial charge is 0.0985 e. The summed E-state index contributed by atoms with van der Waals surface area (Å²) in [4.78, 5) is 4.78. The van der Waals surface area contributed by atoms with E-state index in [4.69, 9.17) is 4.98 Å². The number of nitrogens with one attached hydrogen (secondary N) is 1. The second-order valence-electron chi connectivity index (χ2n) is 4.77. The van der Waals surface area contributed by atoms with Gasteiger partial charge in [-0.25, -0.2) is 4.98 Å². The Morgan fingerprint density at radius 2 is 2.25 bits per heavy atom. The van der Waals surface area contributed by atoms with E-state index in [9.17, 15) is 0 Å². The summed E-state index contributed by atoms with van der Waals surface area (Å²) in [5.74, 6) is 1.32. The number of aryl methyl sites for hydroxylation is 1. The highest BCUT2D eigenvalue weighted by Crippen LogP contribution is 2.33. The molecule has 1 aromatic carbocycles. The summed E-state index contributed by atoms with van der Waals surface area (Å²) < 4.78 is 1.32. The molecule has 2 unspecified atom stereocenters. The van der Waals surface area contributed by atoms with E-state index in [-0.39, 0.29) is 0 Å². The molecule has 2 atom stereocenters. The zero-order chi connectivity index (χ0) is 11.1. The lowest BCUT2D eigenvalue weighted by Gasteiger charge is -2.09. The van der Waals surface area contributed by atoms with Crippen molar-refractivity contribution in [3.63, 3.8) is 0 Å². The Kier molecular flexibility index (Phi) is 2.45. The van der Waals surface area contributed by atoms with Gasteiger partial charge in [0.25, 0.3) is 0 Å². The minimum absolute atomic E-state index is 0.609. The summed E-state index contributed by atoms with van der Waals surface area (Å²) >= 11 is 1.86. The van der Waals surface area contributed by atoms with Gasteiger partial charge in [-0.05, 0) is 37.1 Å². The molecule has 0 saturated carbocycles. The number of benzene rings is 1. The predicted molar refractivity (Wildman–Crippen MR) is 69.1 cm³/mol. The van der Waals surface area contributed by atoms with Crippen LogP contribution in [-0.2, 0) is 0 Å². The molecule has 2 aromatic rings. The van der Waals surface area contributed by atoms with Gasteiger partial charge in [-0.15, -0.1) is 11.3 Å². The molecule has 84 valence electrons. The van der Waals surface area contributed by atoms with Crippen LogP contribution < -0.4 is 5.32 Å². The second kappa shape index (κ2) is 3.82. The molecule has 1 fully saturated rings. The van der Waals surface area contributed by atoms with E-state index < -0.39 is 0 Å². The molecule has 0 radical (unpaired) electrons. The first kappa shape index (κ1) is 10.2. The van der Waals surface area contributed by atoms with Crippen LogP contribution in [-0.4, -0.2) is 18.1 Å². The monoisotopic (exact) mass is 232 g/mol. The number of nitrogens with zero attached hydrogens (tertiary/aromatic N) is 1. The van der Waals surface area contributed by atoms with Crippen molar-refractivity contribution in [3.8, 4) is 0 Å². The Morgan fingerprint density at radius 1 is 1.38 bits per heavy atom. The van der Waals surface area contributed by atoms with Gasteiger partial charge in [0, 0.05) is 12.5 Å². The molecule has 0 spiro atoms. The van der Waals surface area contributed by atoms with Crippen molar-refractivity contribution in [3.05, 3.63) is 28.8 Å².